The van der Waals surface area contributed by atoms with E-state index in [4.69, 9.17) is 10.5 Å². The summed E-state index contributed by atoms with van der Waals surface area (Å²) in [6.45, 7) is 5.21. The van der Waals surface area contributed by atoms with Gasteiger partial charge in [-0.1, -0.05) is 6.07 Å². The van der Waals surface area contributed by atoms with Crippen LogP contribution < -0.4 is 15.4 Å². The number of nitrogen functional groups attached to an aromatic ring is 1. The van der Waals surface area contributed by atoms with E-state index in [9.17, 15) is 17.6 Å². The van der Waals surface area contributed by atoms with Crippen LogP contribution in [0.3, 0.4) is 0 Å². The molecule has 2 aliphatic rings. The third kappa shape index (κ3) is 5.22. The Bertz CT molecular complexity index is 1250. The van der Waals surface area contributed by atoms with Gasteiger partial charge >= 0.3 is 6.18 Å². The number of likely N-dealkylation sites (tertiary alicyclic amines) is 1. The quantitative estimate of drug-likeness (QED) is 0.454. The minimum atomic E-state index is -4.75. The molecule has 0 radical (unpaired) electrons. The summed E-state index contributed by atoms with van der Waals surface area (Å²) in [5.74, 6) is 0.360. The normalized spacial score (nSPS) is 17.2. The van der Waals surface area contributed by atoms with E-state index >= 15 is 0 Å². The fourth-order valence-corrected chi connectivity index (χ4v) is 5.19. The topological polar surface area (TPSA) is 72.4 Å². The number of benzene rings is 1. The van der Waals surface area contributed by atoms with Crippen molar-refractivity contribution in [1.82, 2.24) is 19.4 Å². The Balaban J connectivity index is 1.40. The van der Waals surface area contributed by atoms with Crippen LogP contribution in [0.25, 0.3) is 11.1 Å². The lowest BCUT2D eigenvalue weighted by Gasteiger charge is -2.34. The van der Waals surface area contributed by atoms with Gasteiger partial charge in [-0.3, -0.25) is 0 Å². The van der Waals surface area contributed by atoms with Gasteiger partial charge in [0.25, 0.3) is 0 Å². The van der Waals surface area contributed by atoms with Gasteiger partial charge in [-0.2, -0.15) is 13.2 Å². The van der Waals surface area contributed by atoms with Gasteiger partial charge in [0.05, 0.1) is 12.7 Å². The molecule has 37 heavy (non-hydrogen) atoms. The molecule has 11 heteroatoms. The molecule has 198 valence electrons. The maximum absolute atomic E-state index is 13.9. The number of anilines is 2. The van der Waals surface area contributed by atoms with Gasteiger partial charge in [-0.15, -0.1) is 0 Å². The van der Waals surface area contributed by atoms with Crippen LogP contribution in [0.1, 0.15) is 36.4 Å². The molecule has 0 saturated carbocycles. The van der Waals surface area contributed by atoms with Crippen LogP contribution in [0.15, 0.2) is 36.8 Å². The van der Waals surface area contributed by atoms with E-state index in [2.05, 4.69) is 24.3 Å². The standard InChI is InChI=1S/C26H30F4N6O/c1-37-23-24(31)32-16-33-25(23)35-9-5-17(6-10-35)22-14-19(15-36(22)12-11-34-7-2-8-34)18-3-4-21(27)20(13-18)26(28,29)30/h3-4,13-17H,2,5-12H2,1H3,(H2,31,32,33). The van der Waals surface area contributed by atoms with Crippen LogP contribution in [-0.4, -0.2) is 59.3 Å². The summed E-state index contributed by atoms with van der Waals surface area (Å²) in [5.41, 5.74) is 6.81. The van der Waals surface area contributed by atoms with Gasteiger partial charge in [0, 0.05) is 44.0 Å². The van der Waals surface area contributed by atoms with Gasteiger partial charge in [0.15, 0.2) is 11.6 Å². The molecule has 0 spiro atoms. The summed E-state index contributed by atoms with van der Waals surface area (Å²) in [7, 11) is 1.54. The third-order valence-electron chi connectivity index (χ3n) is 7.37. The lowest BCUT2D eigenvalue weighted by Crippen LogP contribution is -2.39. The molecule has 5 rings (SSSR count). The number of aromatic nitrogens is 3. The van der Waals surface area contributed by atoms with Gasteiger partial charge in [0.2, 0.25) is 5.75 Å². The molecule has 0 unspecified atom stereocenters. The van der Waals surface area contributed by atoms with Crippen LogP contribution in [0.4, 0.5) is 29.2 Å². The van der Waals surface area contributed by atoms with Crippen molar-refractivity contribution < 1.29 is 22.3 Å². The Kier molecular flexibility index (Phi) is 6.98. The average molecular weight is 519 g/mol. The van der Waals surface area contributed by atoms with Crippen LogP contribution in [0.5, 0.6) is 5.75 Å². The van der Waals surface area contributed by atoms with E-state index in [0.29, 0.717) is 22.7 Å². The predicted molar refractivity (Wildman–Crippen MR) is 133 cm³/mol. The predicted octanol–water partition coefficient (Wildman–Crippen LogP) is 4.78. The van der Waals surface area contributed by atoms with Crippen molar-refractivity contribution in [3.05, 3.63) is 53.9 Å². The van der Waals surface area contributed by atoms with E-state index in [0.717, 1.165) is 69.9 Å². The molecule has 1 aromatic carbocycles. The second-order valence-electron chi connectivity index (χ2n) is 9.61. The zero-order valence-electron chi connectivity index (χ0n) is 20.6. The molecule has 0 bridgehead atoms. The fraction of sp³-hybridized carbons (Fsp3) is 0.462. The van der Waals surface area contributed by atoms with Gasteiger partial charge in [0.1, 0.15) is 12.1 Å². The Morgan fingerprint density at radius 3 is 2.43 bits per heavy atom. The summed E-state index contributed by atoms with van der Waals surface area (Å²) in [4.78, 5) is 12.8. The molecule has 2 N–H and O–H groups in total. The molecule has 2 aliphatic heterocycles. The molecule has 7 nitrogen and oxygen atoms in total. The molecule has 2 aromatic heterocycles. The average Bonchev–Trinajstić information content (AvgIpc) is 3.27. The number of hydrogen-bond donors (Lipinski definition) is 1. The Morgan fingerprint density at radius 1 is 1.03 bits per heavy atom. The highest BCUT2D eigenvalue weighted by atomic mass is 19.4. The van der Waals surface area contributed by atoms with Crippen LogP contribution in [-0.2, 0) is 12.7 Å². The first-order chi connectivity index (χ1) is 17.7. The molecule has 0 amide bonds. The summed E-state index contributed by atoms with van der Waals surface area (Å²) in [6.07, 6.45) is 1.43. The van der Waals surface area contributed by atoms with Gasteiger partial charge in [-0.25, -0.2) is 14.4 Å². The first kappa shape index (κ1) is 25.3. The van der Waals surface area contributed by atoms with Crippen molar-refractivity contribution >= 4 is 11.6 Å². The highest BCUT2D eigenvalue weighted by Crippen LogP contribution is 2.38. The Morgan fingerprint density at radius 2 is 1.78 bits per heavy atom. The zero-order chi connectivity index (χ0) is 26.2. The number of nitrogens with zero attached hydrogens (tertiary/aromatic N) is 5. The van der Waals surface area contributed by atoms with E-state index in [-0.39, 0.29) is 11.7 Å². The molecule has 2 saturated heterocycles. The lowest BCUT2D eigenvalue weighted by molar-refractivity contribution is -0.139. The number of rotatable bonds is 7. The van der Waals surface area contributed by atoms with Gasteiger partial charge < -0.3 is 24.8 Å². The first-order valence-corrected chi connectivity index (χ1v) is 12.4. The maximum atomic E-state index is 13.9. The number of piperidine rings is 1. The fourth-order valence-electron chi connectivity index (χ4n) is 5.19. The largest absolute Gasteiger partial charge is 0.490 e. The SMILES string of the molecule is COc1c(N)ncnc1N1CCC(c2cc(-c3ccc(F)c(C(F)(F)F)c3)cn2CCN2CCC2)CC1. The van der Waals surface area contributed by atoms with Crippen LogP contribution >= 0.6 is 0 Å². The minimum Gasteiger partial charge on any atom is -0.490 e. The number of alkyl halides is 3. The molecule has 0 atom stereocenters. The molecule has 4 heterocycles. The van der Waals surface area contributed by atoms with Crippen LogP contribution in [0, 0.1) is 5.82 Å². The maximum Gasteiger partial charge on any atom is 0.419 e. The van der Waals surface area contributed by atoms with Crippen molar-refractivity contribution in [2.24, 2.45) is 0 Å². The summed E-state index contributed by atoms with van der Waals surface area (Å²) >= 11 is 0. The van der Waals surface area contributed by atoms with Crippen LogP contribution in [0.2, 0.25) is 0 Å². The molecular formula is C26H30F4N6O. The zero-order valence-corrected chi connectivity index (χ0v) is 20.6. The Labute approximate surface area is 212 Å². The van der Waals surface area contributed by atoms with E-state index < -0.39 is 17.6 Å². The number of nitrogens with two attached hydrogens (primary N) is 1. The monoisotopic (exact) mass is 518 g/mol. The highest BCUT2D eigenvalue weighted by Gasteiger charge is 2.34. The van der Waals surface area contributed by atoms with Crippen molar-refractivity contribution in [3.63, 3.8) is 0 Å². The summed E-state index contributed by atoms with van der Waals surface area (Å²) in [5, 5.41) is 0. The molecular weight excluding hydrogens is 488 g/mol. The third-order valence-corrected chi connectivity index (χ3v) is 7.37. The molecule has 0 aliphatic carbocycles. The molecule has 2 fully saturated rings. The van der Waals surface area contributed by atoms with E-state index in [1.54, 1.807) is 0 Å². The van der Waals surface area contributed by atoms with E-state index in [1.165, 1.54) is 25.9 Å². The van der Waals surface area contributed by atoms with Gasteiger partial charge in [-0.05, 0) is 61.7 Å². The number of hydrogen-bond acceptors (Lipinski definition) is 6. The number of halogens is 4. The number of methoxy groups -OCH3 is 1. The number of ether oxygens (including phenoxy) is 1. The first-order valence-electron chi connectivity index (χ1n) is 12.4. The second kappa shape index (κ2) is 10.2. The summed E-state index contributed by atoms with van der Waals surface area (Å²) in [6, 6.07) is 5.18. The smallest absolute Gasteiger partial charge is 0.419 e. The minimum absolute atomic E-state index is 0.217. The Hall–Kier alpha value is -3.34. The second-order valence-corrected chi connectivity index (χ2v) is 9.61. The lowest BCUT2D eigenvalue weighted by atomic mass is 9.92. The highest BCUT2D eigenvalue weighted by molar-refractivity contribution is 5.66. The van der Waals surface area contributed by atoms with Crippen molar-refractivity contribution in [2.45, 2.75) is 37.9 Å². The van der Waals surface area contributed by atoms with Crippen molar-refractivity contribution in [3.8, 4) is 16.9 Å². The molecule has 3 aromatic rings. The van der Waals surface area contributed by atoms with E-state index in [1.807, 2.05) is 12.3 Å². The van der Waals surface area contributed by atoms with Crippen molar-refractivity contribution in [2.75, 3.05) is 50.5 Å². The summed E-state index contributed by atoms with van der Waals surface area (Å²) < 4.78 is 61.5. The van der Waals surface area contributed by atoms with Crippen molar-refractivity contribution in [1.29, 1.82) is 0 Å².